The lowest BCUT2D eigenvalue weighted by molar-refractivity contribution is -0.122. The van der Waals surface area contributed by atoms with Crippen LogP contribution in [0.5, 0.6) is 0 Å². The lowest BCUT2D eigenvalue weighted by atomic mass is 9.95. The molecule has 3 heterocycles. The lowest BCUT2D eigenvalue weighted by Crippen LogP contribution is -2.36. The molecule has 2 aromatic rings. The molecule has 1 aliphatic heterocycles. The van der Waals surface area contributed by atoms with E-state index in [0.29, 0.717) is 19.0 Å². The Kier molecular flexibility index (Phi) is 5.34. The number of nitrogens with zero attached hydrogens (tertiary/aromatic N) is 4. The van der Waals surface area contributed by atoms with Crippen LogP contribution in [-0.2, 0) is 24.4 Å². The number of hydrogen-bond acceptors (Lipinski definition) is 4. The Bertz CT molecular complexity index is 720. The minimum absolute atomic E-state index is 0.140. The van der Waals surface area contributed by atoms with Crippen LogP contribution in [0.15, 0.2) is 18.5 Å². The Balaban J connectivity index is 1.38. The van der Waals surface area contributed by atoms with Crippen molar-refractivity contribution in [3.8, 4) is 11.5 Å². The fourth-order valence-electron chi connectivity index (χ4n) is 3.96. The van der Waals surface area contributed by atoms with Gasteiger partial charge in [0.1, 0.15) is 5.69 Å². The maximum Gasteiger partial charge on any atom is 0.222 e. The van der Waals surface area contributed by atoms with E-state index in [0.717, 1.165) is 50.4 Å². The van der Waals surface area contributed by atoms with Crippen LogP contribution >= 0.6 is 0 Å². The summed E-state index contributed by atoms with van der Waals surface area (Å²) in [6.07, 6.45) is 11.3. The monoisotopic (exact) mass is 356 g/mol. The molecule has 0 saturated heterocycles. The van der Waals surface area contributed by atoms with Gasteiger partial charge in [0.2, 0.25) is 5.91 Å². The summed E-state index contributed by atoms with van der Waals surface area (Å²) in [6.45, 7) is 3.45. The summed E-state index contributed by atoms with van der Waals surface area (Å²) < 4.78 is 4.11. The molecule has 2 aliphatic rings. The summed E-state index contributed by atoms with van der Waals surface area (Å²) in [5.74, 6) is 0.984. The number of imidazole rings is 1. The van der Waals surface area contributed by atoms with Crippen molar-refractivity contribution in [1.29, 1.82) is 0 Å². The van der Waals surface area contributed by atoms with Crippen molar-refractivity contribution in [3.05, 3.63) is 24.2 Å². The second kappa shape index (κ2) is 8.03. The van der Waals surface area contributed by atoms with Gasteiger partial charge in [0.25, 0.3) is 0 Å². The first-order chi connectivity index (χ1) is 12.8. The molecule has 0 bridgehead atoms. The smallest absolute Gasteiger partial charge is 0.222 e. The highest BCUT2D eigenvalue weighted by molar-refractivity contribution is 5.76. The standard InChI is InChI=1S/C19H28N6O/c26-18(22-15-5-2-1-3-6-15)7-11-24-12-9-21-19(24)17-13-16-14-20-8-4-10-25(16)23-17/h9,12-13,15,20H,1-8,10-11,14H2,(H,22,26). The Hall–Kier alpha value is -2.15. The zero-order valence-electron chi connectivity index (χ0n) is 15.3. The molecule has 0 radical (unpaired) electrons. The summed E-state index contributed by atoms with van der Waals surface area (Å²) in [6, 6.07) is 2.48. The summed E-state index contributed by atoms with van der Waals surface area (Å²) in [5.41, 5.74) is 2.09. The molecule has 2 N–H and O–H groups in total. The highest BCUT2D eigenvalue weighted by Gasteiger charge is 2.18. The van der Waals surface area contributed by atoms with Gasteiger partial charge in [0.15, 0.2) is 5.82 Å². The van der Waals surface area contributed by atoms with E-state index < -0.39 is 0 Å². The Labute approximate surface area is 154 Å². The summed E-state index contributed by atoms with van der Waals surface area (Å²) in [4.78, 5) is 16.8. The summed E-state index contributed by atoms with van der Waals surface area (Å²) in [5, 5.41) is 11.3. The number of carbonyl (C=O) groups is 1. The molecule has 26 heavy (non-hydrogen) atoms. The van der Waals surface area contributed by atoms with Gasteiger partial charge in [-0.1, -0.05) is 19.3 Å². The van der Waals surface area contributed by atoms with Crippen molar-refractivity contribution in [1.82, 2.24) is 30.0 Å². The van der Waals surface area contributed by atoms with Crippen molar-refractivity contribution in [2.45, 2.75) is 70.6 Å². The Morgan fingerprint density at radius 1 is 1.27 bits per heavy atom. The maximum atomic E-state index is 12.3. The first-order valence-electron chi connectivity index (χ1n) is 9.88. The summed E-state index contributed by atoms with van der Waals surface area (Å²) in [7, 11) is 0. The van der Waals surface area contributed by atoms with Gasteiger partial charge in [-0.25, -0.2) is 4.98 Å². The van der Waals surface area contributed by atoms with E-state index in [-0.39, 0.29) is 5.91 Å². The number of amides is 1. The average molecular weight is 356 g/mol. The third-order valence-electron chi connectivity index (χ3n) is 5.39. The SMILES string of the molecule is O=C(CCn1ccnc1-c1cc2n(n1)CCCNC2)NC1CCCCC1. The third-order valence-corrected chi connectivity index (χ3v) is 5.39. The topological polar surface area (TPSA) is 76.8 Å². The van der Waals surface area contributed by atoms with Crippen molar-refractivity contribution in [3.63, 3.8) is 0 Å². The van der Waals surface area contributed by atoms with Crippen LogP contribution in [0.4, 0.5) is 0 Å². The molecule has 2 aromatic heterocycles. The van der Waals surface area contributed by atoms with Gasteiger partial charge >= 0.3 is 0 Å². The molecule has 4 rings (SSSR count). The van der Waals surface area contributed by atoms with Gasteiger partial charge in [0, 0.05) is 44.5 Å². The van der Waals surface area contributed by atoms with Crippen LogP contribution < -0.4 is 10.6 Å². The van der Waals surface area contributed by atoms with Crippen LogP contribution in [0.2, 0.25) is 0 Å². The third kappa shape index (κ3) is 3.98. The van der Waals surface area contributed by atoms with Crippen LogP contribution in [0, 0.1) is 0 Å². The largest absolute Gasteiger partial charge is 0.353 e. The molecule has 7 heteroatoms. The van der Waals surface area contributed by atoms with E-state index in [9.17, 15) is 4.79 Å². The van der Waals surface area contributed by atoms with E-state index >= 15 is 0 Å². The maximum absolute atomic E-state index is 12.3. The lowest BCUT2D eigenvalue weighted by Gasteiger charge is -2.22. The molecule has 1 aliphatic carbocycles. The molecule has 0 spiro atoms. The van der Waals surface area contributed by atoms with Crippen molar-refractivity contribution < 1.29 is 4.79 Å². The highest BCUT2D eigenvalue weighted by atomic mass is 16.1. The minimum Gasteiger partial charge on any atom is -0.353 e. The quantitative estimate of drug-likeness (QED) is 0.860. The zero-order chi connectivity index (χ0) is 17.8. The van der Waals surface area contributed by atoms with E-state index in [1.54, 1.807) is 6.20 Å². The van der Waals surface area contributed by atoms with Gasteiger partial charge in [0.05, 0.1) is 5.69 Å². The number of aromatic nitrogens is 4. The average Bonchev–Trinajstić information content (AvgIpc) is 3.22. The molecule has 1 amide bonds. The van der Waals surface area contributed by atoms with E-state index in [1.165, 1.54) is 25.0 Å². The van der Waals surface area contributed by atoms with Crippen LogP contribution in [0.25, 0.3) is 11.5 Å². The number of fused-ring (bicyclic) bond motifs is 1. The Morgan fingerprint density at radius 2 is 2.15 bits per heavy atom. The molecule has 0 atom stereocenters. The molecule has 140 valence electrons. The van der Waals surface area contributed by atoms with E-state index in [2.05, 4.69) is 26.4 Å². The molecular formula is C19H28N6O. The molecule has 0 unspecified atom stereocenters. The first kappa shape index (κ1) is 17.3. The number of rotatable bonds is 5. The normalized spacial score (nSPS) is 18.3. The van der Waals surface area contributed by atoms with Crippen molar-refractivity contribution in [2.24, 2.45) is 0 Å². The van der Waals surface area contributed by atoms with Crippen molar-refractivity contribution >= 4 is 5.91 Å². The minimum atomic E-state index is 0.140. The molecule has 1 saturated carbocycles. The predicted molar refractivity (Wildman–Crippen MR) is 99.4 cm³/mol. The first-order valence-corrected chi connectivity index (χ1v) is 9.88. The predicted octanol–water partition coefficient (Wildman–Crippen LogP) is 2.08. The number of aryl methyl sites for hydroxylation is 2. The van der Waals surface area contributed by atoms with Gasteiger partial charge in [-0.2, -0.15) is 5.10 Å². The van der Waals surface area contributed by atoms with Gasteiger partial charge in [-0.15, -0.1) is 0 Å². The van der Waals surface area contributed by atoms with Crippen molar-refractivity contribution in [2.75, 3.05) is 6.54 Å². The summed E-state index contributed by atoms with van der Waals surface area (Å²) >= 11 is 0. The fraction of sp³-hybridized carbons (Fsp3) is 0.632. The number of nitrogens with one attached hydrogen (secondary N) is 2. The highest BCUT2D eigenvalue weighted by Crippen LogP contribution is 2.20. The molecule has 1 fully saturated rings. The van der Waals surface area contributed by atoms with E-state index in [4.69, 9.17) is 5.10 Å². The van der Waals surface area contributed by atoms with Gasteiger partial charge in [-0.3, -0.25) is 9.48 Å². The van der Waals surface area contributed by atoms with Crippen LogP contribution in [0.3, 0.4) is 0 Å². The van der Waals surface area contributed by atoms with Crippen LogP contribution in [0.1, 0.15) is 50.6 Å². The number of hydrogen-bond donors (Lipinski definition) is 2. The zero-order valence-corrected chi connectivity index (χ0v) is 15.3. The van der Waals surface area contributed by atoms with Gasteiger partial charge < -0.3 is 15.2 Å². The second-order valence-corrected chi connectivity index (χ2v) is 7.37. The van der Waals surface area contributed by atoms with Gasteiger partial charge in [-0.05, 0) is 31.9 Å². The molecule has 7 nitrogen and oxygen atoms in total. The molecule has 0 aromatic carbocycles. The van der Waals surface area contributed by atoms with Crippen LogP contribution in [-0.4, -0.2) is 37.8 Å². The van der Waals surface area contributed by atoms with E-state index in [1.807, 2.05) is 10.8 Å². The second-order valence-electron chi connectivity index (χ2n) is 7.37. The fourth-order valence-corrected chi connectivity index (χ4v) is 3.96. The Morgan fingerprint density at radius 3 is 3.04 bits per heavy atom. The number of carbonyl (C=O) groups excluding carboxylic acids is 1. The molecular weight excluding hydrogens is 328 g/mol.